The van der Waals surface area contributed by atoms with Gasteiger partial charge in [0.2, 0.25) is 5.89 Å². The summed E-state index contributed by atoms with van der Waals surface area (Å²) in [6.07, 6.45) is 8.24. The molecule has 4 aromatic heterocycles. The predicted molar refractivity (Wildman–Crippen MR) is 70.6 cm³/mol. The third-order valence-electron chi connectivity index (χ3n) is 2.73. The topological polar surface area (TPSA) is 109 Å². The number of imidazole rings is 1. The summed E-state index contributed by atoms with van der Waals surface area (Å²) in [7, 11) is 0. The molecule has 0 aliphatic carbocycles. The van der Waals surface area contributed by atoms with Crippen LogP contribution in [-0.4, -0.2) is 34.7 Å². The first-order valence-corrected chi connectivity index (χ1v) is 6.47. The normalized spacial score (nSPS) is 11.0. The lowest BCUT2D eigenvalue weighted by molar-refractivity contribution is 0.575. The molecule has 4 aromatic rings. The van der Waals surface area contributed by atoms with Crippen LogP contribution < -0.4 is 0 Å². The maximum Gasteiger partial charge on any atom is 0.229 e. The Morgan fingerprint density at radius 2 is 2.15 bits per heavy atom. The zero-order valence-electron chi connectivity index (χ0n) is 9.94. The van der Waals surface area contributed by atoms with Crippen molar-refractivity contribution in [3.05, 3.63) is 31.1 Å². The van der Waals surface area contributed by atoms with E-state index in [1.54, 1.807) is 24.8 Å². The molecule has 9 heteroatoms. The Labute approximate surface area is 116 Å². The molecule has 0 radical (unpaired) electrons. The Bertz CT molecular complexity index is 744. The van der Waals surface area contributed by atoms with Crippen molar-refractivity contribution >= 4 is 11.5 Å². The molecule has 0 spiro atoms. The lowest BCUT2D eigenvalue weighted by Gasteiger charge is -1.97. The first-order chi connectivity index (χ1) is 9.93. The van der Waals surface area contributed by atoms with Crippen molar-refractivity contribution in [2.24, 2.45) is 0 Å². The van der Waals surface area contributed by atoms with Crippen molar-refractivity contribution in [1.82, 2.24) is 34.7 Å². The van der Waals surface area contributed by atoms with Crippen LogP contribution in [0.3, 0.4) is 0 Å². The fourth-order valence-corrected chi connectivity index (χ4v) is 2.51. The first kappa shape index (κ1) is 11.1. The summed E-state index contributed by atoms with van der Waals surface area (Å²) in [5.41, 5.74) is 2.00. The average molecular weight is 285 g/mol. The quantitative estimate of drug-likeness (QED) is 0.595. The van der Waals surface area contributed by atoms with Gasteiger partial charge in [-0.15, -0.1) is 5.10 Å². The van der Waals surface area contributed by atoms with Crippen LogP contribution in [0.4, 0.5) is 0 Å². The van der Waals surface area contributed by atoms with Gasteiger partial charge in [-0.25, -0.2) is 9.97 Å². The fourth-order valence-electron chi connectivity index (χ4n) is 1.88. The monoisotopic (exact) mass is 285 g/mol. The molecule has 0 bridgehead atoms. The van der Waals surface area contributed by atoms with Gasteiger partial charge in [0.25, 0.3) is 0 Å². The summed E-state index contributed by atoms with van der Waals surface area (Å²) in [5, 5.41) is 11.2. The molecule has 98 valence electrons. The molecular weight excluding hydrogens is 278 g/mol. The van der Waals surface area contributed by atoms with Gasteiger partial charge < -0.3 is 9.40 Å². The maximum absolute atomic E-state index is 5.31. The molecule has 0 atom stereocenters. The van der Waals surface area contributed by atoms with E-state index in [1.165, 1.54) is 17.8 Å². The van der Waals surface area contributed by atoms with Gasteiger partial charge >= 0.3 is 0 Å². The van der Waals surface area contributed by atoms with Crippen molar-refractivity contribution in [1.29, 1.82) is 0 Å². The minimum Gasteiger partial charge on any atom is -0.444 e. The summed E-state index contributed by atoms with van der Waals surface area (Å²) >= 11 is 1.25. The van der Waals surface area contributed by atoms with E-state index in [0.29, 0.717) is 23.1 Å². The summed E-state index contributed by atoms with van der Waals surface area (Å²) in [5.74, 6) is 1.18. The van der Waals surface area contributed by atoms with Crippen LogP contribution in [0, 0.1) is 0 Å². The number of H-pyrrole nitrogens is 2. The van der Waals surface area contributed by atoms with Crippen LogP contribution in [0.25, 0.3) is 33.5 Å². The van der Waals surface area contributed by atoms with E-state index in [1.807, 2.05) is 0 Å². The van der Waals surface area contributed by atoms with Gasteiger partial charge in [-0.1, -0.05) is 4.49 Å². The van der Waals surface area contributed by atoms with Crippen LogP contribution >= 0.6 is 11.5 Å². The third kappa shape index (κ3) is 1.64. The predicted octanol–water partition coefficient (Wildman–Crippen LogP) is 1.97. The molecule has 20 heavy (non-hydrogen) atoms. The van der Waals surface area contributed by atoms with Gasteiger partial charge in [-0.05, 0) is 11.5 Å². The highest BCUT2D eigenvalue weighted by Gasteiger charge is 2.21. The van der Waals surface area contributed by atoms with Gasteiger partial charge in [0.1, 0.15) is 22.5 Å². The van der Waals surface area contributed by atoms with E-state index >= 15 is 0 Å². The molecule has 0 aliphatic rings. The Balaban J connectivity index is 1.88. The van der Waals surface area contributed by atoms with Crippen molar-refractivity contribution in [2.75, 3.05) is 0 Å². The molecule has 0 fully saturated rings. The average Bonchev–Trinajstić information content (AvgIpc) is 3.23. The van der Waals surface area contributed by atoms with Crippen molar-refractivity contribution in [3.63, 3.8) is 0 Å². The minimum absolute atomic E-state index is 0.479. The second-order valence-electron chi connectivity index (χ2n) is 3.87. The Morgan fingerprint density at radius 1 is 1.15 bits per heavy atom. The highest BCUT2D eigenvalue weighted by Crippen LogP contribution is 2.35. The van der Waals surface area contributed by atoms with E-state index in [0.717, 1.165) is 10.4 Å². The van der Waals surface area contributed by atoms with Crippen LogP contribution in [0.2, 0.25) is 0 Å². The lowest BCUT2D eigenvalue weighted by atomic mass is 10.2. The second-order valence-corrected chi connectivity index (χ2v) is 4.63. The number of hydrogen-bond donors (Lipinski definition) is 2. The van der Waals surface area contributed by atoms with Gasteiger partial charge in [-0.3, -0.25) is 5.10 Å². The first-order valence-electron chi connectivity index (χ1n) is 5.69. The zero-order chi connectivity index (χ0) is 13.4. The highest BCUT2D eigenvalue weighted by molar-refractivity contribution is 7.09. The third-order valence-corrected chi connectivity index (χ3v) is 3.46. The molecule has 0 aromatic carbocycles. The maximum atomic E-state index is 5.31. The molecule has 2 N–H and O–H groups in total. The molecule has 8 nitrogen and oxygen atoms in total. The molecular formula is C11H7N7OS. The van der Waals surface area contributed by atoms with Gasteiger partial charge in [-0.2, -0.15) is 5.10 Å². The van der Waals surface area contributed by atoms with Gasteiger partial charge in [0.05, 0.1) is 11.8 Å². The van der Waals surface area contributed by atoms with Crippen LogP contribution in [0.1, 0.15) is 0 Å². The van der Waals surface area contributed by atoms with Crippen LogP contribution in [0.15, 0.2) is 35.5 Å². The molecule has 4 heterocycles. The van der Waals surface area contributed by atoms with E-state index in [4.69, 9.17) is 4.42 Å². The van der Waals surface area contributed by atoms with E-state index in [9.17, 15) is 0 Å². The molecule has 4 rings (SSSR count). The molecule has 0 amide bonds. The Hall–Kier alpha value is -2.81. The number of nitrogens with zero attached hydrogens (tertiary/aromatic N) is 5. The molecule has 0 saturated heterocycles. The van der Waals surface area contributed by atoms with Crippen LogP contribution in [-0.2, 0) is 0 Å². The Morgan fingerprint density at radius 3 is 2.95 bits per heavy atom. The number of oxazole rings is 1. The van der Waals surface area contributed by atoms with Crippen LogP contribution in [0.5, 0.6) is 0 Å². The van der Waals surface area contributed by atoms with E-state index in [2.05, 4.69) is 34.7 Å². The van der Waals surface area contributed by atoms with Crippen molar-refractivity contribution in [2.45, 2.75) is 0 Å². The van der Waals surface area contributed by atoms with Crippen molar-refractivity contribution < 1.29 is 4.42 Å². The second kappa shape index (κ2) is 4.38. The summed E-state index contributed by atoms with van der Waals surface area (Å²) in [6.45, 7) is 0. The summed E-state index contributed by atoms with van der Waals surface area (Å²) < 4.78 is 9.29. The van der Waals surface area contributed by atoms with Gasteiger partial charge in [0, 0.05) is 18.6 Å². The molecule has 0 aliphatic heterocycles. The Kier molecular flexibility index (Phi) is 2.42. The number of nitrogens with one attached hydrogen (secondary N) is 2. The smallest absolute Gasteiger partial charge is 0.229 e. The number of aromatic nitrogens is 7. The standard InChI is InChI=1S/C11H7N7OS/c1-2-13-10(12-1)9-8(17-18-20-9)7-6(5-15-16-7)11-14-3-4-19-11/h1-5H,(H,12,13)(H,15,16). The minimum atomic E-state index is 0.479. The highest BCUT2D eigenvalue weighted by atomic mass is 32.1. The fraction of sp³-hybridized carbons (Fsp3) is 0. The van der Waals surface area contributed by atoms with Crippen molar-refractivity contribution in [3.8, 4) is 33.5 Å². The SMILES string of the molecule is c1c[nH]c(-c2snnc2-c2n[nH]cc2-c2ncco2)n1. The molecule has 0 saturated carbocycles. The van der Waals surface area contributed by atoms with Gasteiger partial charge in [0.15, 0.2) is 5.82 Å². The zero-order valence-corrected chi connectivity index (χ0v) is 10.8. The van der Waals surface area contributed by atoms with E-state index in [-0.39, 0.29) is 0 Å². The lowest BCUT2D eigenvalue weighted by Crippen LogP contribution is -1.87. The summed E-state index contributed by atoms with van der Waals surface area (Å²) in [4.78, 5) is 12.2. The largest absolute Gasteiger partial charge is 0.444 e. The number of hydrogen-bond acceptors (Lipinski definition) is 7. The van der Waals surface area contributed by atoms with E-state index < -0.39 is 0 Å². The summed E-state index contributed by atoms with van der Waals surface area (Å²) in [6, 6.07) is 0. The number of rotatable bonds is 3. The number of aromatic amines is 2. The molecule has 0 unspecified atom stereocenters.